The van der Waals surface area contributed by atoms with E-state index in [1.807, 2.05) is 18.7 Å². The molecule has 3 aliphatic rings. The lowest BCUT2D eigenvalue weighted by Gasteiger charge is -2.33. The van der Waals surface area contributed by atoms with Gasteiger partial charge in [0.2, 0.25) is 17.7 Å². The average Bonchev–Trinajstić information content (AvgIpc) is 3.07. The minimum atomic E-state index is -0.645. The summed E-state index contributed by atoms with van der Waals surface area (Å²) in [4.78, 5) is 15.2. The summed E-state index contributed by atoms with van der Waals surface area (Å²) in [6.45, 7) is 5.31. The van der Waals surface area contributed by atoms with E-state index in [2.05, 4.69) is 10.2 Å². The molecule has 1 aromatic rings. The van der Waals surface area contributed by atoms with Crippen LogP contribution in [0, 0.1) is 11.3 Å². The molecule has 6 heteroatoms. The molecule has 1 aromatic heterocycles. The average molecular weight is 347 g/mol. The number of fused-ring (bicyclic) bond motifs is 1. The van der Waals surface area contributed by atoms with Gasteiger partial charge in [0, 0.05) is 19.0 Å². The van der Waals surface area contributed by atoms with Crippen LogP contribution in [0.4, 0.5) is 0 Å². The quantitative estimate of drug-likeness (QED) is 0.856. The summed E-state index contributed by atoms with van der Waals surface area (Å²) in [6.07, 6.45) is 6.90. The molecular formula is C19H29N3O3. The molecule has 25 heavy (non-hydrogen) atoms. The normalized spacial score (nSPS) is 29.2. The van der Waals surface area contributed by atoms with Crippen LogP contribution in [0.5, 0.6) is 0 Å². The first-order chi connectivity index (χ1) is 12.1. The van der Waals surface area contributed by atoms with Crippen molar-refractivity contribution in [2.75, 3.05) is 19.7 Å². The Balaban J connectivity index is 1.60. The summed E-state index contributed by atoms with van der Waals surface area (Å²) in [5, 5.41) is 18.6. The number of aromatic nitrogens is 2. The minimum Gasteiger partial charge on any atom is -0.424 e. The molecule has 2 saturated carbocycles. The van der Waals surface area contributed by atoms with Crippen molar-refractivity contribution in [2.45, 2.75) is 70.1 Å². The number of hydrogen-bond acceptors (Lipinski definition) is 5. The molecule has 4 rings (SSSR count). The van der Waals surface area contributed by atoms with E-state index in [-0.39, 0.29) is 17.9 Å². The molecular weight excluding hydrogens is 318 g/mol. The minimum absolute atomic E-state index is 0.0839. The highest BCUT2D eigenvalue weighted by Gasteiger charge is 2.56. The maximum absolute atomic E-state index is 13.2. The van der Waals surface area contributed by atoms with Crippen molar-refractivity contribution in [3.05, 3.63) is 11.8 Å². The Labute approximate surface area is 149 Å². The van der Waals surface area contributed by atoms with E-state index in [4.69, 9.17) is 4.42 Å². The zero-order valence-electron chi connectivity index (χ0n) is 15.3. The van der Waals surface area contributed by atoms with Gasteiger partial charge in [0.05, 0.1) is 17.4 Å². The molecule has 6 nitrogen and oxygen atoms in total. The molecule has 1 aliphatic heterocycles. The predicted molar refractivity (Wildman–Crippen MR) is 92.0 cm³/mol. The van der Waals surface area contributed by atoms with Crippen LogP contribution in [0.1, 0.15) is 76.5 Å². The monoisotopic (exact) mass is 347 g/mol. The Kier molecular flexibility index (Phi) is 4.13. The van der Waals surface area contributed by atoms with Crippen molar-refractivity contribution >= 4 is 5.91 Å². The third kappa shape index (κ3) is 2.52. The molecule has 0 aromatic carbocycles. The third-order valence-corrected chi connectivity index (χ3v) is 7.06. The van der Waals surface area contributed by atoms with E-state index >= 15 is 0 Å². The van der Waals surface area contributed by atoms with Crippen molar-refractivity contribution < 1.29 is 14.3 Å². The molecule has 138 valence electrons. The standard InChI is InChI=1S/C19H29N3O3/c1-3-18(4-2,12-23)17(24)22-10-14-6-5-9-19(14,11-22)16-21-20-15(25-16)13-7-8-13/h13-14,23H,3-12H2,1-2H3/t14-,19-/m0/s1. The van der Waals surface area contributed by atoms with Gasteiger partial charge in [0.25, 0.3) is 0 Å². The summed E-state index contributed by atoms with van der Waals surface area (Å²) in [5.74, 6) is 2.48. The predicted octanol–water partition coefficient (Wildman–Crippen LogP) is 2.63. The Bertz CT molecular complexity index is 642. The van der Waals surface area contributed by atoms with Gasteiger partial charge in [-0.15, -0.1) is 10.2 Å². The van der Waals surface area contributed by atoms with Gasteiger partial charge in [-0.25, -0.2) is 0 Å². The Hall–Kier alpha value is -1.43. The third-order valence-electron chi connectivity index (χ3n) is 7.06. The zero-order chi connectivity index (χ0) is 17.7. The number of hydrogen-bond donors (Lipinski definition) is 1. The van der Waals surface area contributed by atoms with Gasteiger partial charge in [-0.3, -0.25) is 4.79 Å². The number of likely N-dealkylation sites (tertiary alicyclic amines) is 1. The fraction of sp³-hybridized carbons (Fsp3) is 0.842. The number of nitrogens with zero attached hydrogens (tertiary/aromatic N) is 3. The summed E-state index contributed by atoms with van der Waals surface area (Å²) in [7, 11) is 0. The lowest BCUT2D eigenvalue weighted by Crippen LogP contribution is -2.46. The fourth-order valence-corrected chi connectivity index (χ4v) is 4.90. The zero-order valence-corrected chi connectivity index (χ0v) is 15.3. The van der Waals surface area contributed by atoms with Crippen LogP contribution in [-0.2, 0) is 10.2 Å². The van der Waals surface area contributed by atoms with E-state index in [1.165, 1.54) is 0 Å². The topological polar surface area (TPSA) is 79.5 Å². The molecule has 0 unspecified atom stereocenters. The second-order valence-corrected chi connectivity index (χ2v) is 8.30. The first-order valence-corrected chi connectivity index (χ1v) is 9.82. The maximum atomic E-state index is 13.2. The number of aliphatic hydroxyl groups is 1. The lowest BCUT2D eigenvalue weighted by molar-refractivity contribution is -0.144. The largest absolute Gasteiger partial charge is 0.424 e. The highest BCUT2D eigenvalue weighted by molar-refractivity contribution is 5.83. The van der Waals surface area contributed by atoms with Gasteiger partial charge in [-0.05, 0) is 44.4 Å². The Morgan fingerprint density at radius 3 is 2.72 bits per heavy atom. The fourth-order valence-electron chi connectivity index (χ4n) is 4.90. The summed E-state index contributed by atoms with van der Waals surface area (Å²) >= 11 is 0. The molecule has 2 atom stereocenters. The van der Waals surface area contributed by atoms with Gasteiger partial charge in [0.1, 0.15) is 0 Å². The maximum Gasteiger partial charge on any atom is 0.231 e. The molecule has 0 bridgehead atoms. The van der Waals surface area contributed by atoms with Crippen molar-refractivity contribution in [3.8, 4) is 0 Å². The number of carbonyl (C=O) groups is 1. The van der Waals surface area contributed by atoms with E-state index in [0.717, 1.165) is 50.4 Å². The van der Waals surface area contributed by atoms with Gasteiger partial charge >= 0.3 is 0 Å². The highest BCUT2D eigenvalue weighted by Crippen LogP contribution is 2.51. The van der Waals surface area contributed by atoms with E-state index in [9.17, 15) is 9.90 Å². The van der Waals surface area contributed by atoms with Gasteiger partial charge < -0.3 is 14.4 Å². The number of aliphatic hydroxyl groups excluding tert-OH is 1. The molecule has 3 fully saturated rings. The first kappa shape index (κ1) is 17.0. The highest BCUT2D eigenvalue weighted by atomic mass is 16.4. The summed E-state index contributed by atoms with van der Waals surface area (Å²) < 4.78 is 6.08. The Morgan fingerprint density at radius 2 is 2.08 bits per heavy atom. The molecule has 2 heterocycles. The number of carbonyl (C=O) groups excluding carboxylic acids is 1. The number of amides is 1. The molecule has 0 spiro atoms. The van der Waals surface area contributed by atoms with Crippen molar-refractivity contribution in [3.63, 3.8) is 0 Å². The van der Waals surface area contributed by atoms with E-state index < -0.39 is 5.41 Å². The SMILES string of the molecule is CCC(CC)(CO)C(=O)N1C[C@@H]2CCC[C@]2(c2nnc(C3CC3)o2)C1. The van der Waals surface area contributed by atoms with E-state index in [0.29, 0.717) is 31.2 Å². The molecule has 1 N–H and O–H groups in total. The first-order valence-electron chi connectivity index (χ1n) is 9.82. The van der Waals surface area contributed by atoms with Crippen LogP contribution in [0.15, 0.2) is 4.42 Å². The smallest absolute Gasteiger partial charge is 0.231 e. The van der Waals surface area contributed by atoms with Gasteiger partial charge in [-0.1, -0.05) is 20.3 Å². The lowest BCUT2D eigenvalue weighted by atomic mass is 9.80. The van der Waals surface area contributed by atoms with Gasteiger partial charge in [-0.2, -0.15) is 0 Å². The van der Waals surface area contributed by atoms with Crippen LogP contribution in [-0.4, -0.2) is 45.8 Å². The summed E-state index contributed by atoms with van der Waals surface area (Å²) in [5.41, 5.74) is -0.813. The molecule has 1 saturated heterocycles. The second-order valence-electron chi connectivity index (χ2n) is 8.30. The van der Waals surface area contributed by atoms with E-state index in [1.54, 1.807) is 0 Å². The van der Waals surface area contributed by atoms with Crippen molar-refractivity contribution in [2.24, 2.45) is 11.3 Å². The number of rotatable bonds is 6. The van der Waals surface area contributed by atoms with Crippen molar-refractivity contribution in [1.82, 2.24) is 15.1 Å². The Morgan fingerprint density at radius 1 is 1.32 bits per heavy atom. The van der Waals surface area contributed by atoms with Crippen LogP contribution in [0.3, 0.4) is 0 Å². The van der Waals surface area contributed by atoms with Crippen LogP contribution in [0.2, 0.25) is 0 Å². The van der Waals surface area contributed by atoms with Crippen LogP contribution >= 0.6 is 0 Å². The molecule has 2 aliphatic carbocycles. The van der Waals surface area contributed by atoms with Crippen LogP contribution < -0.4 is 0 Å². The molecule has 0 radical (unpaired) electrons. The van der Waals surface area contributed by atoms with Crippen molar-refractivity contribution in [1.29, 1.82) is 0 Å². The second kappa shape index (κ2) is 6.08. The van der Waals surface area contributed by atoms with Crippen LogP contribution in [0.25, 0.3) is 0 Å². The molecule has 1 amide bonds. The van der Waals surface area contributed by atoms with Gasteiger partial charge in [0.15, 0.2) is 0 Å². The summed E-state index contributed by atoms with van der Waals surface area (Å²) in [6, 6.07) is 0.